The van der Waals surface area contributed by atoms with E-state index in [4.69, 9.17) is 28.0 Å². The summed E-state index contributed by atoms with van der Waals surface area (Å²) >= 11 is 4.78. The Labute approximate surface area is 106 Å². The van der Waals surface area contributed by atoms with Gasteiger partial charge in [-0.15, -0.1) is 0 Å². The van der Waals surface area contributed by atoms with E-state index in [1.54, 1.807) is 12.2 Å². The quantitative estimate of drug-likeness (QED) is 0.374. The van der Waals surface area contributed by atoms with E-state index in [1.165, 1.54) is 0 Å². The molecule has 0 unspecified atom stereocenters. The summed E-state index contributed by atoms with van der Waals surface area (Å²) in [5.74, 6) is 0.663. The zero-order valence-electron chi connectivity index (χ0n) is 9.22. The molecule has 0 aliphatic rings. The maximum atomic E-state index is 8.88. The molecule has 2 N–H and O–H groups in total. The average molecular weight is 244 g/mol. The Balaban J connectivity index is 3.09. The molecule has 1 aromatic carbocycles. The van der Waals surface area contributed by atoms with Crippen LogP contribution in [0.5, 0.6) is 5.75 Å². The highest BCUT2D eigenvalue weighted by molar-refractivity contribution is 7.80. The second kappa shape index (κ2) is 6.46. The van der Waals surface area contributed by atoms with Gasteiger partial charge in [0.05, 0.1) is 5.57 Å². The fourth-order valence-electron chi connectivity index (χ4n) is 1.19. The normalized spacial score (nSPS) is 10.4. The molecule has 86 valence electrons. The average Bonchev–Trinajstić information content (AvgIpc) is 2.34. The number of benzene rings is 1. The first kappa shape index (κ1) is 12.9. The Morgan fingerprint density at radius 2 is 2.24 bits per heavy atom. The third-order valence-corrected chi connectivity index (χ3v) is 2.18. The highest BCUT2D eigenvalue weighted by atomic mass is 32.1. The standard InChI is InChI=1S/C13H12N2OS/c1-2-7-16-12-6-4-3-5-10(12)8-11(9-14)13(15)17/h2-6,8H,1,7H2,(H2,15,17)/b11-8-. The number of hydrogen-bond acceptors (Lipinski definition) is 3. The summed E-state index contributed by atoms with van der Waals surface area (Å²) in [5, 5.41) is 8.88. The Bertz CT molecular complexity index is 500. The van der Waals surface area contributed by atoms with E-state index in [1.807, 2.05) is 30.3 Å². The molecular weight excluding hydrogens is 232 g/mol. The zero-order chi connectivity index (χ0) is 12.7. The predicted molar refractivity (Wildman–Crippen MR) is 72.5 cm³/mol. The lowest BCUT2D eigenvalue weighted by atomic mass is 10.1. The van der Waals surface area contributed by atoms with Crippen LogP contribution in [0.3, 0.4) is 0 Å². The van der Waals surface area contributed by atoms with Crippen molar-refractivity contribution in [2.45, 2.75) is 0 Å². The Morgan fingerprint density at radius 1 is 1.53 bits per heavy atom. The monoisotopic (exact) mass is 244 g/mol. The highest BCUT2D eigenvalue weighted by Gasteiger charge is 2.04. The van der Waals surface area contributed by atoms with Crippen LogP contribution < -0.4 is 10.5 Å². The molecule has 1 aromatic rings. The number of nitrogens with zero attached hydrogens (tertiary/aromatic N) is 1. The molecule has 0 radical (unpaired) electrons. The number of hydrogen-bond donors (Lipinski definition) is 1. The molecule has 0 spiro atoms. The van der Waals surface area contributed by atoms with Crippen LogP contribution in [0.25, 0.3) is 6.08 Å². The summed E-state index contributed by atoms with van der Waals surface area (Å²) in [5.41, 5.74) is 6.45. The Kier molecular flexibility index (Phi) is 4.92. The van der Waals surface area contributed by atoms with Gasteiger partial charge in [0, 0.05) is 5.56 Å². The fourth-order valence-corrected chi connectivity index (χ4v) is 1.30. The van der Waals surface area contributed by atoms with Gasteiger partial charge < -0.3 is 10.5 Å². The number of nitrogens with two attached hydrogens (primary N) is 1. The lowest BCUT2D eigenvalue weighted by Crippen LogP contribution is -2.09. The van der Waals surface area contributed by atoms with Crippen molar-refractivity contribution in [3.8, 4) is 11.8 Å². The first-order valence-corrected chi connectivity index (χ1v) is 5.34. The summed E-state index contributed by atoms with van der Waals surface area (Å²) in [6.45, 7) is 3.98. The van der Waals surface area contributed by atoms with Gasteiger partial charge in [0.2, 0.25) is 0 Å². The van der Waals surface area contributed by atoms with Crippen molar-refractivity contribution < 1.29 is 4.74 Å². The first-order chi connectivity index (χ1) is 8.19. The van der Waals surface area contributed by atoms with E-state index in [0.717, 1.165) is 5.56 Å². The predicted octanol–water partition coefficient (Wildman–Crippen LogP) is 2.44. The molecule has 0 saturated carbocycles. The second-order valence-electron chi connectivity index (χ2n) is 3.17. The van der Waals surface area contributed by atoms with Gasteiger partial charge in [-0.2, -0.15) is 5.26 Å². The Hall–Kier alpha value is -2.12. The maximum Gasteiger partial charge on any atom is 0.127 e. The van der Waals surface area contributed by atoms with Crippen LogP contribution in [0.15, 0.2) is 42.5 Å². The molecular formula is C13H12N2OS. The number of thiocarbonyl (C=S) groups is 1. The van der Waals surface area contributed by atoms with Gasteiger partial charge >= 0.3 is 0 Å². The van der Waals surface area contributed by atoms with Gasteiger partial charge in [-0.1, -0.05) is 43.1 Å². The van der Waals surface area contributed by atoms with Gasteiger partial charge in [0.15, 0.2) is 0 Å². The van der Waals surface area contributed by atoms with Gasteiger partial charge in [-0.05, 0) is 12.1 Å². The molecule has 0 amide bonds. The Morgan fingerprint density at radius 3 is 2.82 bits per heavy atom. The van der Waals surface area contributed by atoms with E-state index in [2.05, 4.69) is 6.58 Å². The number of nitriles is 1. The van der Waals surface area contributed by atoms with Crippen LogP contribution >= 0.6 is 12.2 Å². The van der Waals surface area contributed by atoms with Crippen molar-refractivity contribution in [3.05, 3.63) is 48.1 Å². The van der Waals surface area contributed by atoms with Crippen molar-refractivity contribution in [2.75, 3.05) is 6.61 Å². The van der Waals surface area contributed by atoms with Crippen molar-refractivity contribution in [2.24, 2.45) is 5.73 Å². The van der Waals surface area contributed by atoms with Crippen molar-refractivity contribution >= 4 is 23.3 Å². The highest BCUT2D eigenvalue weighted by Crippen LogP contribution is 2.20. The summed E-state index contributed by atoms with van der Waals surface area (Å²) in [6, 6.07) is 9.29. The molecule has 17 heavy (non-hydrogen) atoms. The summed E-state index contributed by atoms with van der Waals surface area (Å²) in [4.78, 5) is 0.0750. The molecule has 0 atom stereocenters. The topological polar surface area (TPSA) is 59.0 Å². The minimum Gasteiger partial charge on any atom is -0.489 e. The summed E-state index contributed by atoms with van der Waals surface area (Å²) in [7, 11) is 0. The lowest BCUT2D eigenvalue weighted by Gasteiger charge is -2.07. The smallest absolute Gasteiger partial charge is 0.127 e. The van der Waals surface area contributed by atoms with Gasteiger partial charge in [-0.25, -0.2) is 0 Å². The van der Waals surface area contributed by atoms with E-state index in [0.29, 0.717) is 12.4 Å². The lowest BCUT2D eigenvalue weighted by molar-refractivity contribution is 0.362. The van der Waals surface area contributed by atoms with Gasteiger partial charge in [0.25, 0.3) is 0 Å². The van der Waals surface area contributed by atoms with Gasteiger partial charge in [0.1, 0.15) is 23.4 Å². The van der Waals surface area contributed by atoms with Crippen molar-refractivity contribution in [3.63, 3.8) is 0 Å². The fraction of sp³-hybridized carbons (Fsp3) is 0.0769. The maximum absolute atomic E-state index is 8.88. The molecule has 1 rings (SSSR count). The van der Waals surface area contributed by atoms with Crippen LogP contribution in [0.4, 0.5) is 0 Å². The molecule has 0 aromatic heterocycles. The SMILES string of the molecule is C=CCOc1ccccc1/C=C(/C#N)C(N)=S. The minimum absolute atomic E-state index is 0.0750. The second-order valence-corrected chi connectivity index (χ2v) is 3.61. The van der Waals surface area contributed by atoms with E-state index in [-0.39, 0.29) is 10.6 Å². The molecule has 0 saturated heterocycles. The third kappa shape index (κ3) is 3.74. The van der Waals surface area contributed by atoms with Crippen LogP contribution in [0.2, 0.25) is 0 Å². The minimum atomic E-state index is 0.0750. The molecule has 0 heterocycles. The van der Waals surface area contributed by atoms with E-state index in [9.17, 15) is 0 Å². The van der Waals surface area contributed by atoms with Crippen LogP contribution in [-0.2, 0) is 0 Å². The summed E-state index contributed by atoms with van der Waals surface area (Å²) < 4.78 is 5.46. The first-order valence-electron chi connectivity index (χ1n) is 4.93. The number of ether oxygens (including phenoxy) is 1. The largest absolute Gasteiger partial charge is 0.489 e. The van der Waals surface area contributed by atoms with Crippen LogP contribution in [0, 0.1) is 11.3 Å². The molecule has 0 aliphatic heterocycles. The number of para-hydroxylation sites is 1. The third-order valence-electron chi connectivity index (χ3n) is 1.96. The molecule has 4 heteroatoms. The van der Waals surface area contributed by atoms with Crippen molar-refractivity contribution in [1.29, 1.82) is 5.26 Å². The van der Waals surface area contributed by atoms with E-state index >= 15 is 0 Å². The van der Waals surface area contributed by atoms with E-state index < -0.39 is 0 Å². The van der Waals surface area contributed by atoms with Crippen LogP contribution in [-0.4, -0.2) is 11.6 Å². The van der Waals surface area contributed by atoms with Crippen LogP contribution in [0.1, 0.15) is 5.56 Å². The summed E-state index contributed by atoms with van der Waals surface area (Å²) in [6.07, 6.45) is 3.26. The molecule has 0 aliphatic carbocycles. The van der Waals surface area contributed by atoms with Gasteiger partial charge in [-0.3, -0.25) is 0 Å². The molecule has 0 fully saturated rings. The molecule has 3 nitrogen and oxygen atoms in total. The van der Waals surface area contributed by atoms with Crippen molar-refractivity contribution in [1.82, 2.24) is 0 Å². The number of rotatable bonds is 5. The molecule has 0 bridgehead atoms. The zero-order valence-corrected chi connectivity index (χ0v) is 10.0.